The van der Waals surface area contributed by atoms with Crippen LogP contribution in [0.3, 0.4) is 0 Å². The number of para-hydroxylation sites is 1. The van der Waals surface area contributed by atoms with Gasteiger partial charge in [-0.1, -0.05) is 42.0 Å². The van der Waals surface area contributed by atoms with E-state index in [1.54, 1.807) is 4.90 Å². The van der Waals surface area contributed by atoms with E-state index in [0.29, 0.717) is 6.61 Å². The third kappa shape index (κ3) is 5.85. The van der Waals surface area contributed by atoms with Crippen LogP contribution in [0.1, 0.15) is 16.7 Å². The van der Waals surface area contributed by atoms with Crippen LogP contribution in [0.4, 0.5) is 0 Å². The number of aryl methyl sites for hydroxylation is 1. The lowest BCUT2D eigenvalue weighted by Crippen LogP contribution is -3.16. The van der Waals surface area contributed by atoms with Gasteiger partial charge in [0.2, 0.25) is 0 Å². The average molecular weight is 342 g/mol. The molecule has 0 amide bonds. The lowest BCUT2D eigenvalue weighted by Gasteiger charge is -2.22. The number of hydrogen-bond donors (Lipinski definition) is 2. The lowest BCUT2D eigenvalue weighted by atomic mass is 10.1. The molecule has 1 aliphatic heterocycles. The number of quaternary nitrogens is 2. The molecule has 1 aliphatic rings. The Balaban J connectivity index is 1.45. The summed E-state index contributed by atoms with van der Waals surface area (Å²) in [5.74, 6) is 0.998. The molecular formula is C21H30N2O2+2. The summed E-state index contributed by atoms with van der Waals surface area (Å²) in [5, 5.41) is 2.39. The first-order valence-corrected chi connectivity index (χ1v) is 9.30. The van der Waals surface area contributed by atoms with E-state index in [1.165, 1.54) is 23.2 Å². The van der Waals surface area contributed by atoms with Crippen molar-refractivity contribution in [3.8, 4) is 5.75 Å². The highest BCUT2D eigenvalue weighted by Crippen LogP contribution is 2.18. The predicted octanol–water partition coefficient (Wildman–Crippen LogP) is 0.553. The number of nitrogens with one attached hydrogen (secondary N) is 1. The molecule has 2 aromatic rings. The minimum Gasteiger partial charge on any atom is -0.488 e. The maximum atomic E-state index is 6.07. The summed E-state index contributed by atoms with van der Waals surface area (Å²) >= 11 is 0. The fourth-order valence-corrected chi connectivity index (χ4v) is 3.13. The van der Waals surface area contributed by atoms with Crippen LogP contribution < -0.4 is 15.0 Å². The van der Waals surface area contributed by atoms with Gasteiger partial charge in [-0.25, -0.2) is 0 Å². The molecule has 3 N–H and O–H groups in total. The smallest absolute Gasteiger partial charge is 0.128 e. The Morgan fingerprint density at radius 3 is 2.60 bits per heavy atom. The van der Waals surface area contributed by atoms with E-state index >= 15 is 0 Å². The molecule has 0 radical (unpaired) electrons. The number of rotatable bonds is 8. The Morgan fingerprint density at radius 2 is 1.80 bits per heavy atom. The van der Waals surface area contributed by atoms with Gasteiger partial charge >= 0.3 is 0 Å². The van der Waals surface area contributed by atoms with Gasteiger partial charge in [-0.3, -0.25) is 0 Å². The molecule has 2 aromatic carbocycles. The molecule has 3 rings (SSSR count). The SMILES string of the molecule is Cc1ccc(COc2ccccc2C[NH2+]CC[NH+]2CCOCC2)cc1. The average Bonchev–Trinajstić information content (AvgIpc) is 2.66. The summed E-state index contributed by atoms with van der Waals surface area (Å²) in [4.78, 5) is 1.66. The minimum atomic E-state index is 0.620. The second-order valence-corrected chi connectivity index (χ2v) is 6.78. The van der Waals surface area contributed by atoms with Crippen LogP contribution in [0.25, 0.3) is 0 Å². The van der Waals surface area contributed by atoms with E-state index in [4.69, 9.17) is 9.47 Å². The molecule has 0 bridgehead atoms. The fourth-order valence-electron chi connectivity index (χ4n) is 3.13. The van der Waals surface area contributed by atoms with Crippen LogP contribution in [-0.4, -0.2) is 39.4 Å². The molecule has 25 heavy (non-hydrogen) atoms. The first kappa shape index (κ1) is 17.9. The summed E-state index contributed by atoms with van der Waals surface area (Å²) in [6, 6.07) is 16.9. The molecule has 1 saturated heterocycles. The zero-order valence-corrected chi connectivity index (χ0v) is 15.2. The molecule has 0 atom stereocenters. The predicted molar refractivity (Wildman–Crippen MR) is 98.8 cm³/mol. The summed E-state index contributed by atoms with van der Waals surface area (Å²) in [6.45, 7) is 10.1. The second-order valence-electron chi connectivity index (χ2n) is 6.78. The van der Waals surface area contributed by atoms with E-state index in [0.717, 1.165) is 45.1 Å². The van der Waals surface area contributed by atoms with Crippen molar-refractivity contribution in [1.82, 2.24) is 0 Å². The number of nitrogens with two attached hydrogens (primary N) is 1. The van der Waals surface area contributed by atoms with Crippen LogP contribution in [0.15, 0.2) is 48.5 Å². The van der Waals surface area contributed by atoms with Crippen molar-refractivity contribution in [3.63, 3.8) is 0 Å². The van der Waals surface area contributed by atoms with Gasteiger partial charge in [0.05, 0.1) is 13.2 Å². The normalized spacial score (nSPS) is 15.2. The van der Waals surface area contributed by atoms with Gasteiger partial charge in [0.25, 0.3) is 0 Å². The molecule has 4 nitrogen and oxygen atoms in total. The Bertz CT molecular complexity index is 637. The van der Waals surface area contributed by atoms with Gasteiger partial charge in [0, 0.05) is 5.56 Å². The Labute approximate surface area is 150 Å². The lowest BCUT2D eigenvalue weighted by molar-refractivity contribution is -0.920. The van der Waals surface area contributed by atoms with Crippen molar-refractivity contribution < 1.29 is 19.7 Å². The van der Waals surface area contributed by atoms with Crippen LogP contribution in [0.2, 0.25) is 0 Å². The zero-order valence-electron chi connectivity index (χ0n) is 15.2. The largest absolute Gasteiger partial charge is 0.488 e. The number of benzene rings is 2. The number of hydrogen-bond acceptors (Lipinski definition) is 2. The standard InChI is InChI=1S/C21H28N2O2/c1-18-6-8-19(9-7-18)17-25-21-5-3-2-4-20(21)16-22-10-11-23-12-14-24-15-13-23/h2-9,22H,10-17H2,1H3/p+2. The van der Waals surface area contributed by atoms with Crippen molar-refractivity contribution in [2.75, 3.05) is 39.4 Å². The van der Waals surface area contributed by atoms with Gasteiger partial charge in [-0.15, -0.1) is 0 Å². The molecule has 0 spiro atoms. The van der Waals surface area contributed by atoms with Crippen molar-refractivity contribution >= 4 is 0 Å². The Hall–Kier alpha value is -1.88. The molecule has 0 unspecified atom stereocenters. The van der Waals surface area contributed by atoms with Crippen molar-refractivity contribution in [1.29, 1.82) is 0 Å². The van der Waals surface area contributed by atoms with E-state index in [9.17, 15) is 0 Å². The molecule has 134 valence electrons. The van der Waals surface area contributed by atoms with Gasteiger partial charge in [-0.05, 0) is 24.6 Å². The molecular weight excluding hydrogens is 312 g/mol. The molecule has 0 saturated carbocycles. The summed E-state index contributed by atoms with van der Waals surface area (Å²) < 4.78 is 11.5. The molecule has 1 fully saturated rings. The van der Waals surface area contributed by atoms with Gasteiger partial charge in [-0.2, -0.15) is 0 Å². The highest BCUT2D eigenvalue weighted by atomic mass is 16.5. The van der Waals surface area contributed by atoms with Crippen LogP contribution in [0, 0.1) is 6.92 Å². The molecule has 1 heterocycles. The van der Waals surface area contributed by atoms with E-state index < -0.39 is 0 Å². The quantitative estimate of drug-likeness (QED) is 0.688. The summed E-state index contributed by atoms with van der Waals surface area (Å²) in [6.07, 6.45) is 0. The maximum absolute atomic E-state index is 6.07. The van der Waals surface area contributed by atoms with Gasteiger partial charge in [0.15, 0.2) is 0 Å². The topological polar surface area (TPSA) is 39.5 Å². The van der Waals surface area contributed by atoms with E-state index in [1.807, 2.05) is 6.07 Å². The van der Waals surface area contributed by atoms with Crippen molar-refractivity contribution in [2.45, 2.75) is 20.1 Å². The van der Waals surface area contributed by atoms with Gasteiger partial charge in [0.1, 0.15) is 45.1 Å². The maximum Gasteiger partial charge on any atom is 0.128 e. The second kappa shape index (κ2) is 9.56. The third-order valence-corrected chi connectivity index (χ3v) is 4.75. The molecule has 4 heteroatoms. The molecule has 0 aromatic heterocycles. The van der Waals surface area contributed by atoms with E-state index in [2.05, 4.69) is 54.7 Å². The number of ether oxygens (including phenoxy) is 2. The van der Waals surface area contributed by atoms with Gasteiger partial charge < -0.3 is 19.7 Å². The monoisotopic (exact) mass is 342 g/mol. The van der Waals surface area contributed by atoms with Crippen LogP contribution in [0.5, 0.6) is 5.75 Å². The minimum absolute atomic E-state index is 0.620. The summed E-state index contributed by atoms with van der Waals surface area (Å²) in [7, 11) is 0. The molecule has 0 aliphatic carbocycles. The Kier molecular flexibility index (Phi) is 6.86. The first-order valence-electron chi connectivity index (χ1n) is 9.30. The van der Waals surface area contributed by atoms with Crippen LogP contribution in [-0.2, 0) is 17.9 Å². The zero-order chi connectivity index (χ0) is 17.3. The highest BCUT2D eigenvalue weighted by Gasteiger charge is 2.14. The van der Waals surface area contributed by atoms with Crippen LogP contribution >= 0.6 is 0 Å². The van der Waals surface area contributed by atoms with Crippen molar-refractivity contribution in [3.05, 3.63) is 65.2 Å². The first-order chi connectivity index (χ1) is 12.3. The van der Waals surface area contributed by atoms with Crippen molar-refractivity contribution in [2.24, 2.45) is 0 Å². The fraction of sp³-hybridized carbons (Fsp3) is 0.429. The highest BCUT2D eigenvalue weighted by molar-refractivity contribution is 5.33. The summed E-state index contributed by atoms with van der Waals surface area (Å²) in [5.41, 5.74) is 3.76. The number of morpholine rings is 1. The van der Waals surface area contributed by atoms with E-state index in [-0.39, 0.29) is 0 Å². The Morgan fingerprint density at radius 1 is 1.04 bits per heavy atom. The third-order valence-electron chi connectivity index (χ3n) is 4.75.